The molecular weight excluding hydrogens is 227 g/mol. The van der Waals surface area contributed by atoms with Crippen molar-refractivity contribution in [1.82, 2.24) is 4.98 Å². The molecule has 1 heterocycles. The third-order valence-electron chi connectivity index (χ3n) is 1.57. The van der Waals surface area contributed by atoms with Crippen molar-refractivity contribution in [2.24, 2.45) is 0 Å². The number of aliphatic hydroxyl groups is 1. The summed E-state index contributed by atoms with van der Waals surface area (Å²) < 4.78 is 39.4. The Balaban J connectivity index is 3.20. The summed E-state index contributed by atoms with van der Waals surface area (Å²) in [6.45, 7) is -0.791. The van der Waals surface area contributed by atoms with E-state index in [4.69, 9.17) is 16.1 Å². The first-order chi connectivity index (χ1) is 7.37. The summed E-state index contributed by atoms with van der Waals surface area (Å²) in [6, 6.07) is 2.37. The first-order valence-corrected chi connectivity index (χ1v) is 3.93. The summed E-state index contributed by atoms with van der Waals surface area (Å²) in [7, 11) is 0. The molecule has 0 radical (unpaired) electrons. The van der Waals surface area contributed by atoms with Crippen LogP contribution in [-0.4, -0.2) is 16.5 Å². The number of nitrogens with two attached hydrogens (primary N) is 1. The molecule has 5 nitrogen and oxygen atoms in total. The van der Waals surface area contributed by atoms with Gasteiger partial charge in [0.1, 0.15) is 11.8 Å². The van der Waals surface area contributed by atoms with Crippen LogP contribution in [0.3, 0.4) is 0 Å². The minimum absolute atomic E-state index is 0.251. The predicted molar refractivity (Wildman–Crippen MR) is 46.0 cm³/mol. The third kappa shape index (κ3) is 2.74. The Hall–Kier alpha value is -2.01. The standard InChI is InChI=1S/C8H6F3N3O2/c9-8(10,11)16-7-1-4(13)5(2-12)14-6(7)3-15/h1,15H,3,13H2. The van der Waals surface area contributed by atoms with Gasteiger partial charge in [-0.3, -0.25) is 0 Å². The summed E-state index contributed by atoms with van der Waals surface area (Å²) >= 11 is 0. The maximum absolute atomic E-state index is 11.9. The second kappa shape index (κ2) is 4.24. The van der Waals surface area contributed by atoms with E-state index in [1.807, 2.05) is 0 Å². The van der Waals surface area contributed by atoms with Crippen molar-refractivity contribution in [2.45, 2.75) is 13.0 Å². The number of anilines is 1. The highest BCUT2D eigenvalue weighted by Gasteiger charge is 2.32. The number of halogens is 3. The molecular formula is C8H6F3N3O2. The van der Waals surface area contributed by atoms with Crippen LogP contribution < -0.4 is 10.5 Å². The van der Waals surface area contributed by atoms with Gasteiger partial charge in [-0.15, -0.1) is 13.2 Å². The minimum atomic E-state index is -4.91. The normalized spacial score (nSPS) is 10.9. The molecule has 0 atom stereocenters. The molecule has 0 amide bonds. The van der Waals surface area contributed by atoms with E-state index in [-0.39, 0.29) is 11.4 Å². The van der Waals surface area contributed by atoms with Crippen LogP contribution in [0.25, 0.3) is 0 Å². The second-order valence-electron chi connectivity index (χ2n) is 2.69. The first kappa shape index (κ1) is 12.1. The van der Waals surface area contributed by atoms with Crippen LogP contribution in [0.2, 0.25) is 0 Å². The smallest absolute Gasteiger partial charge is 0.404 e. The Kier molecular flexibility index (Phi) is 3.20. The molecule has 0 aromatic carbocycles. The van der Waals surface area contributed by atoms with Crippen molar-refractivity contribution in [3.63, 3.8) is 0 Å². The number of nitrogens with zero attached hydrogens (tertiary/aromatic N) is 2. The van der Waals surface area contributed by atoms with Crippen molar-refractivity contribution in [1.29, 1.82) is 5.26 Å². The zero-order valence-corrected chi connectivity index (χ0v) is 7.75. The lowest BCUT2D eigenvalue weighted by Crippen LogP contribution is -2.19. The van der Waals surface area contributed by atoms with Gasteiger partial charge in [0, 0.05) is 6.07 Å². The van der Waals surface area contributed by atoms with Gasteiger partial charge >= 0.3 is 6.36 Å². The number of hydrogen-bond acceptors (Lipinski definition) is 5. The topological polar surface area (TPSA) is 92.2 Å². The van der Waals surface area contributed by atoms with E-state index < -0.39 is 24.4 Å². The summed E-state index contributed by atoms with van der Waals surface area (Å²) in [5, 5.41) is 17.3. The lowest BCUT2D eigenvalue weighted by molar-refractivity contribution is -0.275. The Morgan fingerprint density at radius 3 is 2.62 bits per heavy atom. The van der Waals surface area contributed by atoms with E-state index in [2.05, 4.69) is 9.72 Å². The van der Waals surface area contributed by atoms with Crippen LogP contribution >= 0.6 is 0 Å². The van der Waals surface area contributed by atoms with Crippen molar-refractivity contribution in [3.8, 4) is 11.8 Å². The molecule has 0 spiro atoms. The van der Waals surface area contributed by atoms with Crippen LogP contribution in [0, 0.1) is 11.3 Å². The predicted octanol–water partition coefficient (Wildman–Crippen LogP) is 0.926. The number of nitriles is 1. The highest BCUT2D eigenvalue weighted by Crippen LogP contribution is 2.28. The SMILES string of the molecule is N#Cc1nc(CO)c(OC(F)(F)F)cc1N. The van der Waals surface area contributed by atoms with Crippen molar-refractivity contribution >= 4 is 5.69 Å². The first-order valence-electron chi connectivity index (χ1n) is 3.93. The zero-order valence-electron chi connectivity index (χ0n) is 7.75. The van der Waals surface area contributed by atoms with Crippen LogP contribution in [0.1, 0.15) is 11.4 Å². The van der Waals surface area contributed by atoms with Crippen LogP contribution in [0.4, 0.5) is 18.9 Å². The maximum Gasteiger partial charge on any atom is 0.573 e. The molecule has 0 fully saturated rings. The zero-order chi connectivity index (χ0) is 12.3. The Labute approximate surface area is 87.9 Å². The highest BCUT2D eigenvalue weighted by atomic mass is 19.4. The van der Waals surface area contributed by atoms with Crippen molar-refractivity contribution in [2.75, 3.05) is 5.73 Å². The van der Waals surface area contributed by atoms with Crippen LogP contribution in [0.5, 0.6) is 5.75 Å². The number of alkyl halides is 3. The molecule has 0 saturated heterocycles. The molecule has 0 aliphatic rings. The van der Waals surface area contributed by atoms with Crippen molar-refractivity contribution < 1.29 is 23.0 Å². The van der Waals surface area contributed by atoms with E-state index in [0.29, 0.717) is 0 Å². The van der Waals surface area contributed by atoms with E-state index in [0.717, 1.165) is 6.07 Å². The third-order valence-corrected chi connectivity index (χ3v) is 1.57. The van der Waals surface area contributed by atoms with Gasteiger partial charge < -0.3 is 15.6 Å². The van der Waals surface area contributed by atoms with E-state index in [1.165, 1.54) is 0 Å². The van der Waals surface area contributed by atoms with Crippen molar-refractivity contribution in [3.05, 3.63) is 17.5 Å². The van der Waals surface area contributed by atoms with E-state index in [9.17, 15) is 13.2 Å². The number of ether oxygens (including phenoxy) is 1. The van der Waals surface area contributed by atoms with Gasteiger partial charge in [-0.1, -0.05) is 0 Å². The largest absolute Gasteiger partial charge is 0.573 e. The van der Waals surface area contributed by atoms with Gasteiger partial charge in [0.25, 0.3) is 0 Å². The summed E-state index contributed by atoms with van der Waals surface area (Å²) in [5.74, 6) is -0.716. The van der Waals surface area contributed by atoms with Gasteiger partial charge in [0.2, 0.25) is 0 Å². The monoisotopic (exact) mass is 233 g/mol. The number of hydrogen-bond donors (Lipinski definition) is 2. The van der Waals surface area contributed by atoms with E-state index in [1.54, 1.807) is 6.07 Å². The Bertz CT molecular complexity index is 439. The number of nitrogen functional groups attached to an aromatic ring is 1. The molecule has 1 aromatic rings. The quantitative estimate of drug-likeness (QED) is 0.792. The fourth-order valence-electron chi connectivity index (χ4n) is 0.963. The molecule has 3 N–H and O–H groups in total. The summed E-state index contributed by atoms with van der Waals surface area (Å²) in [5.41, 5.74) is 4.34. The van der Waals surface area contributed by atoms with Gasteiger partial charge in [-0.2, -0.15) is 5.26 Å². The van der Waals surface area contributed by atoms with Gasteiger partial charge in [-0.25, -0.2) is 4.98 Å². The number of rotatable bonds is 2. The molecule has 8 heteroatoms. The molecule has 0 saturated carbocycles. The number of pyridine rings is 1. The molecule has 0 unspecified atom stereocenters. The lowest BCUT2D eigenvalue weighted by atomic mass is 10.2. The summed E-state index contributed by atoms with van der Waals surface area (Å²) in [4.78, 5) is 3.43. The van der Waals surface area contributed by atoms with E-state index >= 15 is 0 Å². The molecule has 0 bridgehead atoms. The molecule has 86 valence electrons. The fourth-order valence-corrected chi connectivity index (χ4v) is 0.963. The van der Waals surface area contributed by atoms with Gasteiger partial charge in [0.05, 0.1) is 12.3 Å². The molecule has 1 rings (SSSR count). The maximum atomic E-state index is 11.9. The number of aliphatic hydroxyl groups excluding tert-OH is 1. The molecule has 0 aliphatic heterocycles. The molecule has 1 aromatic heterocycles. The average molecular weight is 233 g/mol. The van der Waals surface area contributed by atoms with Crippen LogP contribution in [0.15, 0.2) is 6.07 Å². The molecule has 0 aliphatic carbocycles. The summed E-state index contributed by atoms with van der Waals surface area (Å²) in [6.07, 6.45) is -4.91. The Morgan fingerprint density at radius 1 is 1.56 bits per heavy atom. The highest BCUT2D eigenvalue weighted by molar-refractivity contribution is 5.54. The van der Waals surface area contributed by atoms with Gasteiger partial charge in [0.15, 0.2) is 11.4 Å². The van der Waals surface area contributed by atoms with Gasteiger partial charge in [-0.05, 0) is 0 Å². The number of aromatic nitrogens is 1. The molecule has 16 heavy (non-hydrogen) atoms. The minimum Gasteiger partial charge on any atom is -0.404 e. The fraction of sp³-hybridized carbons (Fsp3) is 0.250. The van der Waals surface area contributed by atoms with Crippen LogP contribution in [-0.2, 0) is 6.61 Å². The average Bonchev–Trinajstić information content (AvgIpc) is 2.16. The Morgan fingerprint density at radius 2 is 2.19 bits per heavy atom. The second-order valence-corrected chi connectivity index (χ2v) is 2.69. The lowest BCUT2D eigenvalue weighted by Gasteiger charge is -2.12.